The number of nitrogens with zero attached hydrogens (tertiary/aromatic N) is 2. The van der Waals surface area contributed by atoms with Gasteiger partial charge in [-0.1, -0.05) is 25.6 Å². The van der Waals surface area contributed by atoms with E-state index in [9.17, 15) is 9.59 Å². The number of aromatic nitrogens is 2. The lowest BCUT2D eigenvalue weighted by atomic mass is 9.99. The third-order valence-electron chi connectivity index (χ3n) is 7.03. The van der Waals surface area contributed by atoms with Crippen molar-refractivity contribution in [3.8, 4) is 11.1 Å². The Hall–Kier alpha value is -3.37. The van der Waals surface area contributed by atoms with Crippen LogP contribution in [0.25, 0.3) is 22.0 Å². The summed E-state index contributed by atoms with van der Waals surface area (Å²) >= 11 is 0. The van der Waals surface area contributed by atoms with Gasteiger partial charge in [0.15, 0.2) is 0 Å². The summed E-state index contributed by atoms with van der Waals surface area (Å²) in [6.07, 6.45) is 5.41. The lowest BCUT2D eigenvalue weighted by Crippen LogP contribution is -2.55. The molecule has 37 heavy (non-hydrogen) atoms. The molecule has 1 amide bonds. The number of amides is 1. The zero-order chi connectivity index (χ0) is 25.8. The molecule has 3 unspecified atom stereocenters. The van der Waals surface area contributed by atoms with Crippen molar-refractivity contribution in [1.29, 1.82) is 0 Å². The molecule has 5 rings (SSSR count). The average molecular weight is 504 g/mol. The number of rotatable bonds is 7. The van der Waals surface area contributed by atoms with Gasteiger partial charge in [-0.15, -0.1) is 0 Å². The Balaban J connectivity index is 1.52. The molecule has 3 aromatic rings. The van der Waals surface area contributed by atoms with E-state index >= 15 is 0 Å². The number of ether oxygens (including phenoxy) is 2. The van der Waals surface area contributed by atoms with Crippen molar-refractivity contribution in [2.75, 3.05) is 39.5 Å². The predicted molar refractivity (Wildman–Crippen MR) is 142 cm³/mol. The van der Waals surface area contributed by atoms with Crippen LogP contribution in [0.5, 0.6) is 0 Å². The van der Waals surface area contributed by atoms with E-state index in [0.717, 1.165) is 41.7 Å². The van der Waals surface area contributed by atoms with Crippen LogP contribution in [0.1, 0.15) is 40.3 Å². The Kier molecular flexibility index (Phi) is 7.76. The minimum absolute atomic E-state index is 0.0599. The second-order valence-electron chi connectivity index (χ2n) is 9.31. The van der Waals surface area contributed by atoms with Crippen LogP contribution in [-0.2, 0) is 9.47 Å². The third kappa shape index (κ3) is 5.21. The van der Waals surface area contributed by atoms with E-state index in [-0.39, 0.29) is 30.0 Å². The maximum atomic E-state index is 13.3. The SMILES string of the molecule is C=CC(=O)n1cc(-c2cccnc2C2CNCCO2)c2ccc(C(=O)NC(CC)C3COCCN3)cc21. The molecule has 0 aliphatic carbocycles. The number of hydrogen-bond acceptors (Lipinski definition) is 7. The highest BCUT2D eigenvalue weighted by Crippen LogP contribution is 2.36. The van der Waals surface area contributed by atoms with Gasteiger partial charge in [-0.2, -0.15) is 0 Å². The summed E-state index contributed by atoms with van der Waals surface area (Å²) in [6.45, 7) is 9.79. The van der Waals surface area contributed by atoms with E-state index in [4.69, 9.17) is 9.47 Å². The molecule has 2 aliphatic rings. The van der Waals surface area contributed by atoms with Crippen molar-refractivity contribution in [3.05, 3.63) is 66.6 Å². The summed E-state index contributed by atoms with van der Waals surface area (Å²) in [5.41, 5.74) is 3.68. The minimum Gasteiger partial charge on any atom is -0.378 e. The molecular weight excluding hydrogens is 470 g/mol. The molecule has 194 valence electrons. The average Bonchev–Trinajstić information content (AvgIpc) is 3.35. The van der Waals surface area contributed by atoms with Crippen LogP contribution >= 0.6 is 0 Å². The number of carbonyl (C=O) groups excluding carboxylic acids is 2. The molecule has 2 aliphatic heterocycles. The molecule has 9 nitrogen and oxygen atoms in total. The van der Waals surface area contributed by atoms with E-state index in [1.165, 1.54) is 6.08 Å². The number of nitrogens with one attached hydrogen (secondary N) is 3. The molecule has 1 aromatic carbocycles. The second kappa shape index (κ2) is 11.4. The number of benzene rings is 1. The molecule has 4 heterocycles. The monoisotopic (exact) mass is 503 g/mol. The molecule has 2 aromatic heterocycles. The smallest absolute Gasteiger partial charge is 0.254 e. The van der Waals surface area contributed by atoms with Gasteiger partial charge in [0.2, 0.25) is 0 Å². The Bertz CT molecular complexity index is 1290. The lowest BCUT2D eigenvalue weighted by Gasteiger charge is -2.31. The van der Waals surface area contributed by atoms with Gasteiger partial charge < -0.3 is 25.4 Å². The first-order chi connectivity index (χ1) is 18.1. The number of hydrogen-bond donors (Lipinski definition) is 3. The van der Waals surface area contributed by atoms with Gasteiger partial charge in [-0.3, -0.25) is 19.1 Å². The summed E-state index contributed by atoms with van der Waals surface area (Å²) in [5, 5.41) is 10.8. The van der Waals surface area contributed by atoms with Crippen LogP contribution in [0.15, 0.2) is 55.4 Å². The lowest BCUT2D eigenvalue weighted by molar-refractivity contribution is 0.0254. The van der Waals surface area contributed by atoms with E-state index in [2.05, 4.69) is 27.5 Å². The predicted octanol–water partition coefficient (Wildman–Crippen LogP) is 2.69. The molecule has 0 radical (unpaired) electrons. The topological polar surface area (TPSA) is 107 Å². The van der Waals surface area contributed by atoms with E-state index in [1.54, 1.807) is 29.1 Å². The maximum absolute atomic E-state index is 13.3. The Morgan fingerprint density at radius 3 is 2.89 bits per heavy atom. The van der Waals surface area contributed by atoms with Crippen molar-refractivity contribution < 1.29 is 19.1 Å². The highest BCUT2D eigenvalue weighted by Gasteiger charge is 2.26. The van der Waals surface area contributed by atoms with Crippen LogP contribution in [0, 0.1) is 0 Å². The fraction of sp³-hybridized carbons (Fsp3) is 0.393. The fourth-order valence-corrected chi connectivity index (χ4v) is 5.09. The number of allylic oxidation sites excluding steroid dienone is 1. The summed E-state index contributed by atoms with van der Waals surface area (Å²) < 4.78 is 13.1. The van der Waals surface area contributed by atoms with E-state index < -0.39 is 0 Å². The van der Waals surface area contributed by atoms with Gasteiger partial charge in [0.1, 0.15) is 6.10 Å². The molecule has 0 spiro atoms. The highest BCUT2D eigenvalue weighted by atomic mass is 16.5. The summed E-state index contributed by atoms with van der Waals surface area (Å²) in [5.74, 6) is -0.463. The van der Waals surface area contributed by atoms with Gasteiger partial charge in [-0.05, 0) is 30.7 Å². The van der Waals surface area contributed by atoms with Crippen LogP contribution < -0.4 is 16.0 Å². The zero-order valence-electron chi connectivity index (χ0n) is 21.0. The van der Waals surface area contributed by atoms with Crippen molar-refractivity contribution in [2.24, 2.45) is 0 Å². The first-order valence-electron chi connectivity index (χ1n) is 12.8. The molecule has 9 heteroatoms. The molecular formula is C28H33N5O4. The second-order valence-corrected chi connectivity index (χ2v) is 9.31. The first kappa shape index (κ1) is 25.3. The zero-order valence-corrected chi connectivity index (χ0v) is 21.0. The molecule has 2 saturated heterocycles. The van der Waals surface area contributed by atoms with E-state index in [1.807, 2.05) is 25.1 Å². The number of fused-ring (bicyclic) bond motifs is 1. The Morgan fingerprint density at radius 2 is 2.16 bits per heavy atom. The van der Waals surface area contributed by atoms with Gasteiger partial charge in [0.25, 0.3) is 11.8 Å². The molecule has 2 fully saturated rings. The quantitative estimate of drug-likeness (QED) is 0.426. The normalized spacial score (nSPS) is 20.9. The van der Waals surface area contributed by atoms with Crippen molar-refractivity contribution in [2.45, 2.75) is 31.5 Å². The van der Waals surface area contributed by atoms with Crippen molar-refractivity contribution in [1.82, 2.24) is 25.5 Å². The van der Waals surface area contributed by atoms with E-state index in [0.29, 0.717) is 37.4 Å². The van der Waals surface area contributed by atoms with Gasteiger partial charge in [0, 0.05) is 60.1 Å². The van der Waals surface area contributed by atoms with Crippen LogP contribution in [0.2, 0.25) is 0 Å². The van der Waals surface area contributed by atoms with Crippen LogP contribution in [0.4, 0.5) is 0 Å². The molecule has 3 atom stereocenters. The summed E-state index contributed by atoms with van der Waals surface area (Å²) in [6, 6.07) is 9.32. The standard InChI is InChI=1S/C28H33N5O4/c1-3-22(23-17-36-12-11-30-23)32-28(35)18-7-8-19-21(16-33(24(19)14-18)26(34)4-2)20-6-5-9-31-27(20)25-15-29-10-13-37-25/h4-9,14,16,22-23,25,29-30H,2-3,10-13,15,17H2,1H3,(H,32,35). The Labute approximate surface area is 216 Å². The van der Waals surface area contributed by atoms with Crippen molar-refractivity contribution in [3.63, 3.8) is 0 Å². The fourth-order valence-electron chi connectivity index (χ4n) is 5.09. The molecule has 3 N–H and O–H groups in total. The third-order valence-corrected chi connectivity index (χ3v) is 7.03. The number of morpholine rings is 2. The number of pyridine rings is 1. The first-order valence-corrected chi connectivity index (χ1v) is 12.8. The van der Waals surface area contributed by atoms with Gasteiger partial charge in [0.05, 0.1) is 37.1 Å². The molecule has 0 bridgehead atoms. The maximum Gasteiger partial charge on any atom is 0.254 e. The van der Waals surface area contributed by atoms with Gasteiger partial charge >= 0.3 is 0 Å². The Morgan fingerprint density at radius 1 is 1.27 bits per heavy atom. The van der Waals surface area contributed by atoms with Crippen LogP contribution in [-0.4, -0.2) is 72.9 Å². The summed E-state index contributed by atoms with van der Waals surface area (Å²) in [4.78, 5) is 30.7. The largest absolute Gasteiger partial charge is 0.378 e. The number of carbonyl (C=O) groups is 2. The highest BCUT2D eigenvalue weighted by molar-refractivity contribution is 6.07. The minimum atomic E-state index is -0.273. The summed E-state index contributed by atoms with van der Waals surface area (Å²) in [7, 11) is 0. The van der Waals surface area contributed by atoms with Gasteiger partial charge in [-0.25, -0.2) is 0 Å². The van der Waals surface area contributed by atoms with Crippen molar-refractivity contribution >= 4 is 22.7 Å². The molecule has 0 saturated carbocycles. The van der Waals surface area contributed by atoms with Crippen LogP contribution in [0.3, 0.4) is 0 Å².